The van der Waals surface area contributed by atoms with Crippen molar-refractivity contribution in [2.24, 2.45) is 5.41 Å². The SMILES string of the molecule is CC(C)(C)CN(CC(F)(F)F)C(=O)CN1C(=O)NC2(CCc3ccccc32)C1=O. The molecule has 1 aliphatic carbocycles. The maximum atomic E-state index is 13.1. The standard InChI is InChI=1S/C20H24F3N3O3/c1-18(2,3)11-25(12-20(21,22)23)15(27)10-26-16(28)19(24-17(26)29)9-8-13-6-4-5-7-14(13)19/h4-7H,8-12H2,1-3H3,(H,24,29). The highest BCUT2D eigenvalue weighted by Gasteiger charge is 2.55. The van der Waals surface area contributed by atoms with Gasteiger partial charge < -0.3 is 10.2 Å². The molecule has 2 aliphatic rings. The van der Waals surface area contributed by atoms with Crippen LogP contribution in [0, 0.1) is 5.41 Å². The Labute approximate surface area is 167 Å². The fourth-order valence-electron chi connectivity index (χ4n) is 3.99. The number of rotatable bonds is 4. The van der Waals surface area contributed by atoms with Gasteiger partial charge in [0, 0.05) is 6.54 Å². The lowest BCUT2D eigenvalue weighted by atomic mass is 9.92. The Balaban J connectivity index is 1.81. The number of urea groups is 1. The molecule has 1 heterocycles. The zero-order chi connectivity index (χ0) is 21.6. The van der Waals surface area contributed by atoms with E-state index in [4.69, 9.17) is 0 Å². The third kappa shape index (κ3) is 4.23. The number of fused-ring (bicyclic) bond motifs is 2. The summed E-state index contributed by atoms with van der Waals surface area (Å²) in [4.78, 5) is 39.6. The topological polar surface area (TPSA) is 69.7 Å². The largest absolute Gasteiger partial charge is 0.406 e. The number of halogens is 3. The molecule has 1 unspecified atom stereocenters. The van der Waals surface area contributed by atoms with Crippen LogP contribution in [0.25, 0.3) is 0 Å². The van der Waals surface area contributed by atoms with E-state index in [-0.39, 0.29) is 6.54 Å². The van der Waals surface area contributed by atoms with E-state index in [1.807, 2.05) is 12.1 Å². The smallest absolute Gasteiger partial charge is 0.332 e. The van der Waals surface area contributed by atoms with Crippen LogP contribution in [0.5, 0.6) is 0 Å². The van der Waals surface area contributed by atoms with E-state index >= 15 is 0 Å². The van der Waals surface area contributed by atoms with E-state index in [0.717, 1.165) is 10.5 Å². The average molecular weight is 411 g/mol. The molecule has 3 rings (SSSR count). The van der Waals surface area contributed by atoms with Gasteiger partial charge >= 0.3 is 12.2 Å². The van der Waals surface area contributed by atoms with Gasteiger partial charge in [-0.3, -0.25) is 14.5 Å². The minimum atomic E-state index is -4.58. The molecule has 0 bridgehead atoms. The van der Waals surface area contributed by atoms with Gasteiger partial charge in [-0.25, -0.2) is 4.79 Å². The molecule has 0 saturated carbocycles. The summed E-state index contributed by atoms with van der Waals surface area (Å²) in [7, 11) is 0. The Hall–Kier alpha value is -2.58. The third-order valence-electron chi connectivity index (χ3n) is 5.10. The van der Waals surface area contributed by atoms with Gasteiger partial charge in [0.2, 0.25) is 5.91 Å². The molecule has 0 aromatic heterocycles. The monoisotopic (exact) mass is 411 g/mol. The number of carbonyl (C=O) groups is 3. The second-order valence-corrected chi connectivity index (χ2v) is 8.81. The average Bonchev–Trinajstić information content (AvgIpc) is 3.06. The minimum Gasteiger partial charge on any atom is -0.332 e. The third-order valence-corrected chi connectivity index (χ3v) is 5.10. The molecular formula is C20H24F3N3O3. The van der Waals surface area contributed by atoms with Crippen molar-refractivity contribution in [1.29, 1.82) is 0 Å². The van der Waals surface area contributed by atoms with Crippen molar-refractivity contribution in [1.82, 2.24) is 15.1 Å². The Morgan fingerprint density at radius 1 is 1.17 bits per heavy atom. The van der Waals surface area contributed by atoms with Crippen molar-refractivity contribution >= 4 is 17.8 Å². The van der Waals surface area contributed by atoms with E-state index in [1.54, 1.807) is 32.9 Å². The Bertz CT molecular complexity index is 831. The van der Waals surface area contributed by atoms with E-state index in [2.05, 4.69) is 5.32 Å². The number of benzene rings is 1. The molecule has 1 aliphatic heterocycles. The molecule has 0 radical (unpaired) electrons. The normalized spacial score (nSPS) is 21.5. The van der Waals surface area contributed by atoms with Gasteiger partial charge in [-0.15, -0.1) is 0 Å². The fourth-order valence-corrected chi connectivity index (χ4v) is 3.99. The fraction of sp³-hybridized carbons (Fsp3) is 0.550. The molecule has 1 aromatic rings. The van der Waals surface area contributed by atoms with Crippen molar-refractivity contribution in [2.45, 2.75) is 45.3 Å². The summed E-state index contributed by atoms with van der Waals surface area (Å²) in [5.74, 6) is -1.51. The first-order valence-corrected chi connectivity index (χ1v) is 9.39. The van der Waals surface area contributed by atoms with Crippen LogP contribution in [0.15, 0.2) is 24.3 Å². The molecule has 6 nitrogen and oxygen atoms in total. The van der Waals surface area contributed by atoms with Crippen LogP contribution >= 0.6 is 0 Å². The number of alkyl halides is 3. The van der Waals surface area contributed by atoms with E-state index in [9.17, 15) is 27.6 Å². The summed E-state index contributed by atoms with van der Waals surface area (Å²) in [6.45, 7) is 2.83. The molecule has 9 heteroatoms. The molecule has 158 valence electrons. The molecule has 29 heavy (non-hydrogen) atoms. The summed E-state index contributed by atoms with van der Waals surface area (Å²) in [5.41, 5.74) is -0.215. The van der Waals surface area contributed by atoms with Crippen molar-refractivity contribution in [3.63, 3.8) is 0 Å². The second kappa shape index (κ2) is 7.03. The number of aryl methyl sites for hydroxylation is 1. The van der Waals surface area contributed by atoms with E-state index in [1.165, 1.54) is 0 Å². The van der Waals surface area contributed by atoms with E-state index < -0.39 is 48.1 Å². The first kappa shape index (κ1) is 21.1. The number of nitrogens with one attached hydrogen (secondary N) is 1. The first-order valence-electron chi connectivity index (χ1n) is 9.39. The van der Waals surface area contributed by atoms with Crippen LogP contribution in [0.1, 0.15) is 38.3 Å². The van der Waals surface area contributed by atoms with Crippen molar-refractivity contribution in [2.75, 3.05) is 19.6 Å². The quantitative estimate of drug-likeness (QED) is 0.775. The number of nitrogens with zero attached hydrogens (tertiary/aromatic N) is 2. The lowest BCUT2D eigenvalue weighted by Crippen LogP contribution is -2.49. The molecule has 1 aromatic carbocycles. The molecular weight excluding hydrogens is 387 g/mol. The Morgan fingerprint density at radius 2 is 1.83 bits per heavy atom. The Morgan fingerprint density at radius 3 is 2.45 bits per heavy atom. The minimum absolute atomic E-state index is 0.150. The molecule has 1 N–H and O–H groups in total. The van der Waals surface area contributed by atoms with Gasteiger partial charge in [-0.05, 0) is 29.4 Å². The van der Waals surface area contributed by atoms with Gasteiger partial charge in [-0.2, -0.15) is 13.2 Å². The highest BCUT2D eigenvalue weighted by molar-refractivity contribution is 6.09. The molecule has 1 saturated heterocycles. The number of hydrogen-bond acceptors (Lipinski definition) is 3. The van der Waals surface area contributed by atoms with Gasteiger partial charge in [0.15, 0.2) is 0 Å². The predicted molar refractivity (Wildman–Crippen MR) is 98.8 cm³/mol. The van der Waals surface area contributed by atoms with Crippen molar-refractivity contribution < 1.29 is 27.6 Å². The summed E-state index contributed by atoms with van der Waals surface area (Å²) in [6.07, 6.45) is -3.63. The zero-order valence-electron chi connectivity index (χ0n) is 16.6. The summed E-state index contributed by atoms with van der Waals surface area (Å²) >= 11 is 0. The highest BCUT2D eigenvalue weighted by atomic mass is 19.4. The molecule has 1 atom stereocenters. The molecule has 1 fully saturated rings. The van der Waals surface area contributed by atoms with Crippen LogP contribution in [0.4, 0.5) is 18.0 Å². The van der Waals surface area contributed by atoms with Crippen molar-refractivity contribution in [3.8, 4) is 0 Å². The van der Waals surface area contributed by atoms with Gasteiger partial charge in [0.05, 0.1) is 0 Å². The van der Waals surface area contributed by atoms with Crippen LogP contribution in [0.3, 0.4) is 0 Å². The van der Waals surface area contributed by atoms with Crippen LogP contribution < -0.4 is 5.32 Å². The Kier molecular flexibility index (Phi) is 5.13. The van der Waals surface area contributed by atoms with Gasteiger partial charge in [0.1, 0.15) is 18.6 Å². The number of amides is 4. The lowest BCUT2D eigenvalue weighted by molar-refractivity contribution is -0.164. The van der Waals surface area contributed by atoms with Crippen LogP contribution in [-0.2, 0) is 21.5 Å². The van der Waals surface area contributed by atoms with Crippen LogP contribution in [0.2, 0.25) is 0 Å². The summed E-state index contributed by atoms with van der Waals surface area (Å²) in [5, 5.41) is 2.67. The predicted octanol–water partition coefficient (Wildman–Crippen LogP) is 2.82. The summed E-state index contributed by atoms with van der Waals surface area (Å²) in [6, 6.07) is 6.45. The maximum absolute atomic E-state index is 13.1. The van der Waals surface area contributed by atoms with Gasteiger partial charge in [-0.1, -0.05) is 45.0 Å². The molecule has 1 spiro atoms. The summed E-state index contributed by atoms with van der Waals surface area (Å²) < 4.78 is 38.9. The lowest BCUT2D eigenvalue weighted by Gasteiger charge is -2.31. The number of imide groups is 1. The van der Waals surface area contributed by atoms with Crippen molar-refractivity contribution in [3.05, 3.63) is 35.4 Å². The maximum Gasteiger partial charge on any atom is 0.406 e. The number of carbonyl (C=O) groups excluding carboxylic acids is 3. The number of hydrogen-bond donors (Lipinski definition) is 1. The van der Waals surface area contributed by atoms with Gasteiger partial charge in [0.25, 0.3) is 5.91 Å². The zero-order valence-corrected chi connectivity index (χ0v) is 16.6. The first-order chi connectivity index (χ1) is 13.3. The highest BCUT2D eigenvalue weighted by Crippen LogP contribution is 2.41. The molecule has 4 amide bonds. The van der Waals surface area contributed by atoms with E-state index in [0.29, 0.717) is 23.3 Å². The van der Waals surface area contributed by atoms with Crippen LogP contribution in [-0.4, -0.2) is 53.5 Å². The second-order valence-electron chi connectivity index (χ2n) is 8.81.